The zero-order chi connectivity index (χ0) is 25.3. The van der Waals surface area contributed by atoms with Gasteiger partial charge in [-0.25, -0.2) is 0 Å². The minimum absolute atomic E-state index is 0.0170. The number of nitrogens with zero attached hydrogens (tertiary/aromatic N) is 1. The fraction of sp³-hybridized carbons (Fsp3) is 0.250. The quantitative estimate of drug-likeness (QED) is 0.310. The first kappa shape index (κ1) is 25.2. The van der Waals surface area contributed by atoms with Crippen LogP contribution >= 0.6 is 0 Å². The average Bonchev–Trinajstić information content (AvgIpc) is 2.90. The lowest BCUT2D eigenvalue weighted by Gasteiger charge is -2.31. The number of hydrogen-bond acceptors (Lipinski definition) is 2. The van der Waals surface area contributed by atoms with Crippen molar-refractivity contribution in [2.75, 3.05) is 6.54 Å². The van der Waals surface area contributed by atoms with Crippen molar-refractivity contribution in [2.24, 2.45) is 0 Å². The van der Waals surface area contributed by atoms with Gasteiger partial charge in [0.15, 0.2) is 0 Å². The van der Waals surface area contributed by atoms with Gasteiger partial charge in [-0.3, -0.25) is 9.59 Å². The summed E-state index contributed by atoms with van der Waals surface area (Å²) >= 11 is 0. The third-order valence-corrected chi connectivity index (χ3v) is 6.55. The summed E-state index contributed by atoms with van der Waals surface area (Å²) in [6.07, 6.45) is 1.43. The van der Waals surface area contributed by atoms with Crippen LogP contribution in [0.5, 0.6) is 0 Å². The number of fused-ring (bicyclic) bond motifs is 1. The molecule has 4 aromatic rings. The van der Waals surface area contributed by atoms with E-state index >= 15 is 0 Å². The van der Waals surface area contributed by atoms with E-state index in [2.05, 4.69) is 35.6 Å². The molecule has 0 spiro atoms. The normalized spacial score (nSPS) is 11.7. The van der Waals surface area contributed by atoms with Crippen molar-refractivity contribution >= 4 is 22.6 Å². The Hall–Kier alpha value is -3.92. The topological polar surface area (TPSA) is 49.4 Å². The van der Waals surface area contributed by atoms with Crippen molar-refractivity contribution in [3.05, 3.63) is 119 Å². The van der Waals surface area contributed by atoms with E-state index in [9.17, 15) is 9.59 Å². The first-order valence-electron chi connectivity index (χ1n) is 12.7. The number of nitrogens with one attached hydrogen (secondary N) is 1. The van der Waals surface area contributed by atoms with Crippen LogP contribution in [0, 0.1) is 6.92 Å². The molecule has 4 aromatic carbocycles. The van der Waals surface area contributed by atoms with Crippen LogP contribution in [-0.4, -0.2) is 29.3 Å². The van der Waals surface area contributed by atoms with Gasteiger partial charge in [-0.2, -0.15) is 0 Å². The van der Waals surface area contributed by atoms with Gasteiger partial charge in [0.05, 0.1) is 0 Å². The third kappa shape index (κ3) is 6.39. The van der Waals surface area contributed by atoms with Gasteiger partial charge in [-0.1, -0.05) is 103 Å². The van der Waals surface area contributed by atoms with Crippen molar-refractivity contribution in [1.29, 1.82) is 0 Å². The molecule has 0 saturated carbocycles. The number of rotatable bonds is 10. The number of benzene rings is 4. The van der Waals surface area contributed by atoms with Gasteiger partial charge >= 0.3 is 0 Å². The Bertz CT molecular complexity index is 1310. The molecule has 1 N–H and O–H groups in total. The summed E-state index contributed by atoms with van der Waals surface area (Å²) in [6.45, 7) is 4.86. The molecule has 0 saturated heterocycles. The van der Waals surface area contributed by atoms with Crippen LogP contribution in [0.15, 0.2) is 97.1 Å². The summed E-state index contributed by atoms with van der Waals surface area (Å²) in [5, 5.41) is 5.30. The lowest BCUT2D eigenvalue weighted by atomic mass is 9.99. The molecule has 0 aliphatic heterocycles. The molecule has 0 bridgehead atoms. The second-order valence-corrected chi connectivity index (χ2v) is 9.25. The second-order valence-electron chi connectivity index (χ2n) is 9.25. The van der Waals surface area contributed by atoms with Crippen LogP contribution in [-0.2, 0) is 29.0 Å². The highest BCUT2D eigenvalue weighted by Crippen LogP contribution is 2.22. The van der Waals surface area contributed by atoms with E-state index < -0.39 is 6.04 Å². The summed E-state index contributed by atoms with van der Waals surface area (Å²) < 4.78 is 0. The van der Waals surface area contributed by atoms with E-state index in [0.717, 1.165) is 22.3 Å². The standard InChI is InChI=1S/C32H34N2O2/c1-3-33-32(36)30(22-25-12-5-4-6-13-25)34(23-26-14-9-11-24(2)21-26)31(35)20-19-28-17-10-16-27-15-7-8-18-29(27)28/h4-18,21,30H,3,19-20,22-23H2,1-2H3,(H,33,36). The molecule has 0 heterocycles. The summed E-state index contributed by atoms with van der Waals surface area (Å²) in [5.74, 6) is -0.135. The molecular weight excluding hydrogens is 444 g/mol. The molecule has 1 atom stereocenters. The van der Waals surface area contributed by atoms with Crippen LogP contribution in [0.3, 0.4) is 0 Å². The third-order valence-electron chi connectivity index (χ3n) is 6.55. The monoisotopic (exact) mass is 478 g/mol. The van der Waals surface area contributed by atoms with E-state index in [1.165, 1.54) is 10.8 Å². The van der Waals surface area contributed by atoms with Crippen LogP contribution in [0.4, 0.5) is 0 Å². The number of carbonyl (C=O) groups is 2. The van der Waals surface area contributed by atoms with Crippen molar-refractivity contribution in [3.63, 3.8) is 0 Å². The Morgan fingerprint density at radius 1 is 0.833 bits per heavy atom. The molecule has 0 aromatic heterocycles. The Morgan fingerprint density at radius 3 is 2.31 bits per heavy atom. The SMILES string of the molecule is CCNC(=O)C(Cc1ccccc1)N(Cc1cccc(C)c1)C(=O)CCc1cccc2ccccc12. The van der Waals surface area contributed by atoms with Crippen molar-refractivity contribution in [3.8, 4) is 0 Å². The first-order valence-corrected chi connectivity index (χ1v) is 12.7. The van der Waals surface area contributed by atoms with E-state index in [1.54, 1.807) is 4.90 Å². The highest BCUT2D eigenvalue weighted by Gasteiger charge is 2.30. The number of likely N-dealkylation sites (N-methyl/N-ethyl adjacent to an activating group) is 1. The molecule has 1 unspecified atom stereocenters. The van der Waals surface area contributed by atoms with E-state index in [1.807, 2.05) is 80.6 Å². The molecule has 4 rings (SSSR count). The zero-order valence-electron chi connectivity index (χ0n) is 21.1. The summed E-state index contributed by atoms with van der Waals surface area (Å²) in [6, 6.07) is 32.0. The Labute approximate surface area is 214 Å². The highest BCUT2D eigenvalue weighted by molar-refractivity contribution is 5.89. The minimum atomic E-state index is -0.590. The summed E-state index contributed by atoms with van der Waals surface area (Å²) in [7, 11) is 0. The van der Waals surface area contributed by atoms with E-state index in [-0.39, 0.29) is 11.8 Å². The van der Waals surface area contributed by atoms with Crippen LogP contribution in [0.25, 0.3) is 10.8 Å². The van der Waals surface area contributed by atoms with E-state index in [0.29, 0.717) is 32.4 Å². The van der Waals surface area contributed by atoms with Crippen LogP contribution in [0.2, 0.25) is 0 Å². The van der Waals surface area contributed by atoms with E-state index in [4.69, 9.17) is 0 Å². The maximum absolute atomic E-state index is 13.8. The maximum Gasteiger partial charge on any atom is 0.243 e. The van der Waals surface area contributed by atoms with Crippen molar-refractivity contribution in [2.45, 2.75) is 45.7 Å². The van der Waals surface area contributed by atoms with Gasteiger partial charge in [0.2, 0.25) is 11.8 Å². The average molecular weight is 479 g/mol. The van der Waals surface area contributed by atoms with Crippen LogP contribution < -0.4 is 5.32 Å². The molecular formula is C32H34N2O2. The van der Waals surface area contributed by atoms with Gasteiger partial charge in [-0.15, -0.1) is 0 Å². The Morgan fingerprint density at radius 2 is 1.53 bits per heavy atom. The van der Waals surface area contributed by atoms with Gasteiger partial charge in [-0.05, 0) is 47.7 Å². The Kier molecular flexibility index (Phi) is 8.51. The number of hydrogen-bond donors (Lipinski definition) is 1. The highest BCUT2D eigenvalue weighted by atomic mass is 16.2. The molecule has 0 aliphatic carbocycles. The molecule has 0 aliphatic rings. The lowest BCUT2D eigenvalue weighted by molar-refractivity contribution is -0.141. The maximum atomic E-state index is 13.8. The number of aryl methyl sites for hydroxylation is 2. The molecule has 4 heteroatoms. The predicted octanol–water partition coefficient (Wildman–Crippen LogP) is 5.86. The Balaban J connectivity index is 1.63. The molecule has 0 fully saturated rings. The first-order chi connectivity index (χ1) is 17.5. The minimum Gasteiger partial charge on any atom is -0.355 e. The summed E-state index contributed by atoms with van der Waals surface area (Å²) in [4.78, 5) is 28.9. The fourth-order valence-electron chi connectivity index (χ4n) is 4.75. The van der Waals surface area contributed by atoms with Gasteiger partial charge in [0, 0.05) is 25.9 Å². The lowest BCUT2D eigenvalue weighted by Crippen LogP contribution is -2.50. The van der Waals surface area contributed by atoms with Gasteiger partial charge in [0.25, 0.3) is 0 Å². The molecule has 0 radical (unpaired) electrons. The largest absolute Gasteiger partial charge is 0.355 e. The van der Waals surface area contributed by atoms with Gasteiger partial charge < -0.3 is 10.2 Å². The molecule has 2 amide bonds. The second kappa shape index (κ2) is 12.2. The van der Waals surface area contributed by atoms with Gasteiger partial charge in [0.1, 0.15) is 6.04 Å². The van der Waals surface area contributed by atoms with Crippen molar-refractivity contribution < 1.29 is 9.59 Å². The van der Waals surface area contributed by atoms with Crippen LogP contribution in [0.1, 0.15) is 35.6 Å². The molecule has 36 heavy (non-hydrogen) atoms. The fourth-order valence-corrected chi connectivity index (χ4v) is 4.75. The molecule has 4 nitrogen and oxygen atoms in total. The number of amides is 2. The predicted molar refractivity (Wildman–Crippen MR) is 147 cm³/mol. The zero-order valence-corrected chi connectivity index (χ0v) is 21.1. The molecule has 184 valence electrons. The number of carbonyl (C=O) groups excluding carboxylic acids is 2. The van der Waals surface area contributed by atoms with Crippen molar-refractivity contribution in [1.82, 2.24) is 10.2 Å². The summed E-state index contributed by atoms with van der Waals surface area (Å²) in [5.41, 5.74) is 4.34. The smallest absolute Gasteiger partial charge is 0.243 e.